The molecule has 1 aliphatic rings. The quantitative estimate of drug-likeness (QED) is 0.890. The lowest BCUT2D eigenvalue weighted by molar-refractivity contribution is -0.137. The van der Waals surface area contributed by atoms with Crippen molar-refractivity contribution in [3.05, 3.63) is 22.2 Å². The van der Waals surface area contributed by atoms with E-state index < -0.39 is 5.97 Å². The number of halogens is 1. The van der Waals surface area contributed by atoms with Crippen molar-refractivity contribution < 1.29 is 19.4 Å². The summed E-state index contributed by atoms with van der Waals surface area (Å²) in [7, 11) is 1.90. The molecule has 1 aromatic carbocycles. The highest BCUT2D eigenvalue weighted by atomic mass is 79.9. The Morgan fingerprint density at radius 3 is 2.65 bits per heavy atom. The average molecular weight is 344 g/mol. The van der Waals surface area contributed by atoms with Crippen molar-refractivity contribution in [1.29, 1.82) is 0 Å². The number of carboxylic acid groups (broad SMARTS) is 1. The van der Waals surface area contributed by atoms with Gasteiger partial charge in [0.25, 0.3) is 0 Å². The molecule has 0 amide bonds. The van der Waals surface area contributed by atoms with Crippen molar-refractivity contribution in [2.24, 2.45) is 0 Å². The summed E-state index contributed by atoms with van der Waals surface area (Å²) >= 11 is 3.53. The first-order valence-electron chi connectivity index (χ1n) is 6.54. The molecule has 0 spiro atoms. The molecule has 0 saturated heterocycles. The van der Waals surface area contributed by atoms with Gasteiger partial charge >= 0.3 is 5.97 Å². The van der Waals surface area contributed by atoms with Crippen LogP contribution in [0.15, 0.2) is 16.6 Å². The van der Waals surface area contributed by atoms with E-state index >= 15 is 0 Å². The summed E-state index contributed by atoms with van der Waals surface area (Å²) < 4.78 is 12.2. The number of carbonyl (C=O) groups is 1. The van der Waals surface area contributed by atoms with Gasteiger partial charge in [-0.25, -0.2) is 0 Å². The molecule has 0 aromatic heterocycles. The van der Waals surface area contributed by atoms with Gasteiger partial charge < -0.3 is 19.5 Å². The molecule has 1 aliphatic heterocycles. The van der Waals surface area contributed by atoms with Gasteiger partial charge in [0, 0.05) is 24.0 Å². The van der Waals surface area contributed by atoms with Gasteiger partial charge in [-0.15, -0.1) is 0 Å². The molecule has 0 bridgehead atoms. The van der Waals surface area contributed by atoms with Crippen LogP contribution in [0.4, 0.5) is 0 Å². The molecule has 1 aromatic rings. The molecule has 2 rings (SSSR count). The standard InChI is InChI=1S/C14H18BrNO4/c1-16(4-3-14(17)18)9-10-7-12-13(8-11(10)15)20-6-2-5-19-12/h7-8H,2-6,9H2,1H3,(H,17,18). The lowest BCUT2D eigenvalue weighted by Crippen LogP contribution is -2.21. The molecule has 1 N–H and O–H groups in total. The zero-order valence-electron chi connectivity index (χ0n) is 11.4. The van der Waals surface area contributed by atoms with Crippen LogP contribution < -0.4 is 9.47 Å². The Hall–Kier alpha value is -1.27. The minimum Gasteiger partial charge on any atom is -0.490 e. The number of carboxylic acids is 1. The van der Waals surface area contributed by atoms with Gasteiger partial charge in [-0.05, 0) is 24.7 Å². The molecule has 0 atom stereocenters. The fourth-order valence-corrected chi connectivity index (χ4v) is 2.45. The summed E-state index contributed by atoms with van der Waals surface area (Å²) in [5, 5.41) is 8.70. The lowest BCUT2D eigenvalue weighted by Gasteiger charge is -2.18. The van der Waals surface area contributed by atoms with Gasteiger partial charge in [0.1, 0.15) is 0 Å². The van der Waals surface area contributed by atoms with Gasteiger partial charge in [0.15, 0.2) is 11.5 Å². The maximum Gasteiger partial charge on any atom is 0.304 e. The van der Waals surface area contributed by atoms with Crippen molar-refractivity contribution in [3.8, 4) is 11.5 Å². The number of fused-ring (bicyclic) bond motifs is 1. The number of benzene rings is 1. The summed E-state index contributed by atoms with van der Waals surface area (Å²) in [5.41, 5.74) is 1.06. The number of ether oxygens (including phenoxy) is 2. The van der Waals surface area contributed by atoms with Crippen molar-refractivity contribution in [1.82, 2.24) is 4.90 Å². The predicted octanol–water partition coefficient (Wildman–Crippen LogP) is 2.52. The van der Waals surface area contributed by atoms with Crippen LogP contribution >= 0.6 is 15.9 Å². The van der Waals surface area contributed by atoms with E-state index in [1.807, 2.05) is 24.1 Å². The minimum atomic E-state index is -0.783. The molecular weight excluding hydrogens is 326 g/mol. The maximum atomic E-state index is 10.6. The zero-order chi connectivity index (χ0) is 14.5. The third-order valence-corrected chi connectivity index (χ3v) is 3.80. The summed E-state index contributed by atoms with van der Waals surface area (Å²) in [6.07, 6.45) is 1.01. The van der Waals surface area contributed by atoms with Crippen molar-refractivity contribution >= 4 is 21.9 Å². The second kappa shape index (κ2) is 6.95. The topological polar surface area (TPSA) is 59.0 Å². The third-order valence-electron chi connectivity index (χ3n) is 3.06. The van der Waals surface area contributed by atoms with Crippen LogP contribution in [0, 0.1) is 0 Å². The summed E-state index contributed by atoms with van der Waals surface area (Å²) in [6, 6.07) is 3.88. The molecule has 0 unspecified atom stereocenters. The molecule has 0 saturated carbocycles. The molecule has 5 nitrogen and oxygen atoms in total. The van der Waals surface area contributed by atoms with Crippen LogP contribution in [0.25, 0.3) is 0 Å². The summed E-state index contributed by atoms with van der Waals surface area (Å²) in [4.78, 5) is 12.6. The Labute approximate surface area is 126 Å². The van der Waals surface area contributed by atoms with Gasteiger partial charge in [-0.3, -0.25) is 4.79 Å². The number of nitrogens with zero attached hydrogens (tertiary/aromatic N) is 1. The van der Waals surface area contributed by atoms with Crippen LogP contribution in [0.2, 0.25) is 0 Å². The monoisotopic (exact) mass is 343 g/mol. The molecule has 0 aliphatic carbocycles. The van der Waals surface area contributed by atoms with E-state index in [4.69, 9.17) is 14.6 Å². The number of rotatable bonds is 5. The van der Waals surface area contributed by atoms with Gasteiger partial charge in [0.2, 0.25) is 0 Å². The van der Waals surface area contributed by atoms with Crippen LogP contribution in [-0.2, 0) is 11.3 Å². The number of hydrogen-bond donors (Lipinski definition) is 1. The number of hydrogen-bond acceptors (Lipinski definition) is 4. The molecule has 20 heavy (non-hydrogen) atoms. The van der Waals surface area contributed by atoms with E-state index in [-0.39, 0.29) is 6.42 Å². The van der Waals surface area contributed by atoms with Crippen molar-refractivity contribution in [3.63, 3.8) is 0 Å². The van der Waals surface area contributed by atoms with Crippen LogP contribution in [0.1, 0.15) is 18.4 Å². The first-order valence-corrected chi connectivity index (χ1v) is 7.34. The van der Waals surface area contributed by atoms with Gasteiger partial charge in [-0.1, -0.05) is 15.9 Å². The molecule has 110 valence electrons. The van der Waals surface area contributed by atoms with Crippen LogP contribution in [0.3, 0.4) is 0 Å². The largest absolute Gasteiger partial charge is 0.490 e. The fraction of sp³-hybridized carbons (Fsp3) is 0.500. The third kappa shape index (κ3) is 4.11. The molecule has 0 fully saturated rings. The Morgan fingerprint density at radius 1 is 1.35 bits per heavy atom. The zero-order valence-corrected chi connectivity index (χ0v) is 13.0. The van der Waals surface area contributed by atoms with E-state index in [1.165, 1.54) is 0 Å². The molecule has 1 heterocycles. The Balaban J connectivity index is 2.08. The second-order valence-electron chi connectivity index (χ2n) is 4.82. The van der Waals surface area contributed by atoms with Crippen LogP contribution in [0.5, 0.6) is 11.5 Å². The van der Waals surface area contributed by atoms with E-state index in [0.29, 0.717) is 26.3 Å². The lowest BCUT2D eigenvalue weighted by atomic mass is 10.2. The van der Waals surface area contributed by atoms with Crippen molar-refractivity contribution in [2.45, 2.75) is 19.4 Å². The van der Waals surface area contributed by atoms with Crippen molar-refractivity contribution in [2.75, 3.05) is 26.8 Å². The van der Waals surface area contributed by atoms with E-state index in [1.54, 1.807) is 0 Å². The van der Waals surface area contributed by atoms with Gasteiger partial charge in [-0.2, -0.15) is 0 Å². The Kier molecular flexibility index (Phi) is 5.25. The molecule has 0 radical (unpaired) electrons. The minimum absolute atomic E-state index is 0.138. The maximum absolute atomic E-state index is 10.6. The average Bonchev–Trinajstić information content (AvgIpc) is 2.62. The number of aliphatic carboxylic acids is 1. The SMILES string of the molecule is CN(CCC(=O)O)Cc1cc2c(cc1Br)OCCCO2. The smallest absolute Gasteiger partial charge is 0.304 e. The Morgan fingerprint density at radius 2 is 2.00 bits per heavy atom. The molecule has 6 heteroatoms. The summed E-state index contributed by atoms with van der Waals surface area (Å²) in [6.45, 7) is 2.49. The predicted molar refractivity (Wildman–Crippen MR) is 78.3 cm³/mol. The first-order chi connectivity index (χ1) is 9.56. The van der Waals surface area contributed by atoms with E-state index in [2.05, 4.69) is 15.9 Å². The van der Waals surface area contributed by atoms with Gasteiger partial charge in [0.05, 0.1) is 19.6 Å². The normalized spacial score (nSPS) is 14.2. The van der Waals surface area contributed by atoms with E-state index in [0.717, 1.165) is 28.0 Å². The van der Waals surface area contributed by atoms with E-state index in [9.17, 15) is 4.79 Å². The summed E-state index contributed by atoms with van der Waals surface area (Å²) in [5.74, 6) is 0.730. The first kappa shape index (κ1) is 15.1. The Bertz CT molecular complexity index is 492. The second-order valence-corrected chi connectivity index (χ2v) is 5.68. The van der Waals surface area contributed by atoms with Crippen LogP contribution in [-0.4, -0.2) is 42.8 Å². The molecular formula is C14H18BrNO4. The highest BCUT2D eigenvalue weighted by Crippen LogP contribution is 2.35. The highest BCUT2D eigenvalue weighted by molar-refractivity contribution is 9.10. The fourth-order valence-electron chi connectivity index (χ4n) is 2.00. The highest BCUT2D eigenvalue weighted by Gasteiger charge is 2.15.